The van der Waals surface area contributed by atoms with Gasteiger partial charge in [-0.05, 0) is 135 Å². The lowest BCUT2D eigenvalue weighted by Gasteiger charge is -2.41. The van der Waals surface area contributed by atoms with Crippen LogP contribution in [0.5, 0.6) is 0 Å². The van der Waals surface area contributed by atoms with Gasteiger partial charge in [0.15, 0.2) is 0 Å². The first kappa shape index (κ1) is 90.2. The Morgan fingerprint density at radius 1 is 0.510 bits per heavy atom. The van der Waals surface area contributed by atoms with Crippen LogP contribution >= 0.6 is 11.8 Å². The van der Waals surface area contributed by atoms with E-state index in [9.17, 15) is 29.4 Å². The summed E-state index contributed by atoms with van der Waals surface area (Å²) in [6.07, 6.45) is 3.13. The van der Waals surface area contributed by atoms with Gasteiger partial charge in [-0.3, -0.25) is 57.6 Å². The smallest absolute Gasteiger partial charge is 0.246 e. The van der Waals surface area contributed by atoms with Gasteiger partial charge in [0.1, 0.15) is 66.5 Å². The van der Waals surface area contributed by atoms with Crippen LogP contribution in [0.15, 0.2) is 12.2 Å². The van der Waals surface area contributed by atoms with Gasteiger partial charge in [0, 0.05) is 93.7 Å². The Bertz CT molecular complexity index is 2740. The molecule has 26 nitrogen and oxygen atoms in total. The molecule has 0 unspecified atom stereocenters. The highest BCUT2D eigenvalue weighted by Gasteiger charge is 2.47. The summed E-state index contributed by atoms with van der Waals surface area (Å²) in [6.45, 7) is 37.9. The molecule has 2 rings (SSSR count). The van der Waals surface area contributed by atoms with Crippen LogP contribution in [0.2, 0.25) is 0 Å². The summed E-state index contributed by atoms with van der Waals surface area (Å²) in [4.78, 5) is 178. The molecular formula is C73H133N13O13S. The van der Waals surface area contributed by atoms with Crippen molar-refractivity contribution in [2.75, 3.05) is 93.6 Å². The molecule has 2 fully saturated rings. The van der Waals surface area contributed by atoms with Crippen molar-refractivity contribution in [2.45, 2.75) is 261 Å². The minimum absolute atomic E-state index is 0.0235. The zero-order valence-corrected chi connectivity index (χ0v) is 66.7. The number of hydrogen-bond acceptors (Lipinski definition) is 16. The molecular weight excluding hydrogens is 1300 g/mol. The maximum Gasteiger partial charge on any atom is 0.246 e. The number of thioether (sulfide) groups is 1. The average molecular weight is 1430 g/mol. The van der Waals surface area contributed by atoms with Gasteiger partial charge < -0.3 is 70.7 Å². The predicted octanol–water partition coefficient (Wildman–Crippen LogP) is 3.90. The second kappa shape index (κ2) is 41.4. The van der Waals surface area contributed by atoms with E-state index in [0.717, 1.165) is 48.9 Å². The van der Waals surface area contributed by atoms with Crippen LogP contribution < -0.4 is 21.3 Å². The number of aliphatic hydroxyl groups is 2. The summed E-state index contributed by atoms with van der Waals surface area (Å²) >= 11 is 1.43. The van der Waals surface area contributed by atoms with Crippen molar-refractivity contribution < 1.29 is 63.0 Å². The fourth-order valence-electron chi connectivity index (χ4n) is 13.1. The third-order valence-electron chi connectivity index (χ3n) is 19.6. The van der Waals surface area contributed by atoms with Gasteiger partial charge in [0.2, 0.25) is 65.0 Å². The van der Waals surface area contributed by atoms with Crippen LogP contribution in [0.1, 0.15) is 176 Å². The summed E-state index contributed by atoms with van der Waals surface area (Å²) in [5.74, 6) is -9.60. The largest absolute Gasteiger partial charge is 0.390 e. The van der Waals surface area contributed by atoms with E-state index in [2.05, 4.69) is 44.9 Å². The molecule has 0 aromatic rings. The molecule has 2 aliphatic rings. The molecule has 2 aliphatic heterocycles. The van der Waals surface area contributed by atoms with Gasteiger partial charge >= 0.3 is 0 Å². The first-order chi connectivity index (χ1) is 46.3. The molecule has 2 heterocycles. The summed E-state index contributed by atoms with van der Waals surface area (Å²) in [5.41, 5.74) is -1.59. The summed E-state index contributed by atoms with van der Waals surface area (Å²) in [6, 6.07) is -14.0. The quantitative estimate of drug-likeness (QED) is 0.0662. The van der Waals surface area contributed by atoms with Crippen LogP contribution in [-0.4, -0.2) is 297 Å². The molecule has 0 bridgehead atoms. The van der Waals surface area contributed by atoms with Gasteiger partial charge in [-0.2, -0.15) is 11.8 Å². The van der Waals surface area contributed by atoms with E-state index in [4.69, 9.17) is 0 Å². The molecule has 0 aliphatic carbocycles. The molecule has 0 aromatic heterocycles. The van der Waals surface area contributed by atoms with E-state index in [1.807, 2.05) is 47.6 Å². The highest BCUT2D eigenvalue weighted by atomic mass is 32.2. The number of allylic oxidation sites excluding steroid dienone is 2. The van der Waals surface area contributed by atoms with Crippen molar-refractivity contribution in [3.8, 4) is 0 Å². The predicted molar refractivity (Wildman–Crippen MR) is 394 cm³/mol. The van der Waals surface area contributed by atoms with Crippen molar-refractivity contribution in [3.63, 3.8) is 0 Å². The molecule has 0 saturated carbocycles. The van der Waals surface area contributed by atoms with Gasteiger partial charge in [-0.1, -0.05) is 95.2 Å². The van der Waals surface area contributed by atoms with Crippen LogP contribution in [-0.2, 0) is 52.7 Å². The molecule has 0 spiro atoms. The maximum absolute atomic E-state index is 15.5. The van der Waals surface area contributed by atoms with Crippen LogP contribution in [0.3, 0.4) is 0 Å². The number of nitrogens with zero attached hydrogens (tertiary/aromatic N) is 9. The number of aliphatic hydroxyl groups excluding tert-OH is 1. The molecule has 13 atom stereocenters. The highest BCUT2D eigenvalue weighted by molar-refractivity contribution is 7.99. The van der Waals surface area contributed by atoms with Crippen LogP contribution in [0.25, 0.3) is 0 Å². The Morgan fingerprint density at radius 2 is 0.960 bits per heavy atom. The average Bonchev–Trinajstić information content (AvgIpc) is 0.809. The van der Waals surface area contributed by atoms with Gasteiger partial charge in [-0.15, -0.1) is 0 Å². The second-order valence-corrected chi connectivity index (χ2v) is 32.2. The third-order valence-corrected chi connectivity index (χ3v) is 20.7. The minimum atomic E-state index is -1.66. The topological polar surface area (TPSA) is 306 Å². The van der Waals surface area contributed by atoms with Gasteiger partial charge in [0.05, 0.1) is 11.7 Å². The molecule has 2 saturated heterocycles. The van der Waals surface area contributed by atoms with Crippen molar-refractivity contribution in [3.05, 3.63) is 12.2 Å². The van der Waals surface area contributed by atoms with E-state index in [-0.39, 0.29) is 62.0 Å². The lowest BCUT2D eigenvalue weighted by atomic mass is 9.91. The van der Waals surface area contributed by atoms with Crippen molar-refractivity contribution in [2.24, 2.45) is 35.5 Å². The summed E-state index contributed by atoms with van der Waals surface area (Å²) in [5, 5.41) is 35.0. The van der Waals surface area contributed by atoms with E-state index in [0.29, 0.717) is 11.8 Å². The number of piperazine rings is 1. The number of nitrogens with one attached hydrogen (secondary N) is 4. The molecule has 100 heavy (non-hydrogen) atoms. The number of rotatable bonds is 22. The van der Waals surface area contributed by atoms with E-state index >= 15 is 33.6 Å². The van der Waals surface area contributed by atoms with E-state index < -0.39 is 161 Å². The molecule has 0 aromatic carbocycles. The maximum atomic E-state index is 15.5. The molecule has 27 heteroatoms. The van der Waals surface area contributed by atoms with Crippen LogP contribution in [0, 0.1) is 35.5 Å². The third kappa shape index (κ3) is 26.1. The lowest BCUT2D eigenvalue weighted by Crippen LogP contribution is -2.64. The second-order valence-electron chi connectivity index (χ2n) is 31.1. The first-order valence-electron chi connectivity index (χ1n) is 36.4. The Labute approximate surface area is 604 Å². The normalized spacial score (nSPS) is 26.9. The van der Waals surface area contributed by atoms with Gasteiger partial charge in [-0.25, -0.2) is 0 Å². The van der Waals surface area contributed by atoms with Gasteiger partial charge in [0.25, 0.3) is 0 Å². The summed E-state index contributed by atoms with van der Waals surface area (Å²) in [7, 11) is 9.95. The molecule has 11 amide bonds. The van der Waals surface area contributed by atoms with E-state index in [1.54, 1.807) is 54.5 Å². The lowest BCUT2D eigenvalue weighted by molar-refractivity contribution is -0.157. The fourth-order valence-corrected chi connectivity index (χ4v) is 14.2. The van der Waals surface area contributed by atoms with Crippen molar-refractivity contribution in [1.82, 2.24) is 65.4 Å². The number of carbonyl (C=O) groups is 11. The molecule has 0 radical (unpaired) electrons. The standard InChI is InChI=1S/C73H133N13O13S/c1-27-29-31-49(15)61(87)60-65(91)76-52(28-2)67(93)82(24)57(42-100-37-30-32-85-33-35-86(36-34-85)48(13)14)70(96)81(23)56(41-73(18,19)99)64(90)77-58(46(9)10)71(97)78(20)53(38-43(3)4)63(89)74-50(16)62(88)75-51(17)66(92)79(21)54(39-44(5)6)68(94)80(22)55(40-45(7)8)69(95)83(25)59(47(11)12)72(98)84(60)26/h27,29,43-61,87,99H,28,30-42H2,1-26H3,(H,74,89)(H,75,88)(H,76,91)(H,77,90)/t49-,50+,51-,52+,53+,54+,55+,56+,57-,58+,59+,60+,61-/m1/s1. The van der Waals surface area contributed by atoms with Crippen LogP contribution in [0.4, 0.5) is 0 Å². The fraction of sp³-hybridized carbons (Fsp3) is 0.822. The number of amides is 11. The van der Waals surface area contributed by atoms with E-state index in [1.165, 1.54) is 113 Å². The zero-order valence-electron chi connectivity index (χ0n) is 65.8. The SMILES string of the molecule is CC=CC[C@@H](C)[C@@H](O)[C@H]1C(=O)N[C@@H](CC)C(=O)N(C)[C@H](CSCCCN2CCN(C(C)C)CC2)C(=O)N(C)[C@@H](CC(C)(C)O)C(=O)N[C@@H](C(C)C)C(=O)N(C)[C@@H](CC(C)C)C(=O)N[C@@H](C)C(=O)N[C@H](C)C(=O)N(C)[C@@H](CC(C)C)C(=O)N(C)[C@@H](CC(C)C)C(=O)N(C)[C@@H](C(C)C)C(=O)N1C. The number of likely N-dealkylation sites (N-methyl/N-ethyl adjacent to an activating group) is 7. The van der Waals surface area contributed by atoms with Crippen molar-refractivity contribution >= 4 is 76.7 Å². The first-order valence-corrected chi connectivity index (χ1v) is 37.6. The highest BCUT2D eigenvalue weighted by Crippen LogP contribution is 2.27. The molecule has 6 N–H and O–H groups in total. The minimum Gasteiger partial charge on any atom is -0.390 e. The van der Waals surface area contributed by atoms with Crippen molar-refractivity contribution in [1.29, 1.82) is 0 Å². The Kier molecular flexibility index (Phi) is 37.3. The molecule has 574 valence electrons. The Balaban J connectivity index is 3.10. The zero-order chi connectivity index (χ0) is 76.9. The number of carbonyl (C=O) groups excluding carboxylic acids is 11. The Hall–Kier alpha value is -5.90. The monoisotopic (exact) mass is 1430 g/mol. The summed E-state index contributed by atoms with van der Waals surface area (Å²) < 4.78 is 0. The number of hydrogen-bond donors (Lipinski definition) is 6. The Morgan fingerprint density at radius 3 is 1.44 bits per heavy atom.